The first-order valence-electron chi connectivity index (χ1n) is 19.0. The molecule has 0 amide bonds. The van der Waals surface area contributed by atoms with Crippen molar-refractivity contribution in [3.05, 3.63) is 59.4 Å². The first kappa shape index (κ1) is 40.6. The first-order chi connectivity index (χ1) is 27.4. The van der Waals surface area contributed by atoms with E-state index in [1.54, 1.807) is 12.4 Å². The minimum absolute atomic E-state index is 0.0836. The summed E-state index contributed by atoms with van der Waals surface area (Å²) in [6.45, 7) is 3.69. The number of halogens is 4. The van der Waals surface area contributed by atoms with Crippen molar-refractivity contribution in [1.82, 2.24) is 44.9 Å². The zero-order chi connectivity index (χ0) is 40.7. The van der Waals surface area contributed by atoms with E-state index in [2.05, 4.69) is 51.8 Å². The van der Waals surface area contributed by atoms with E-state index in [-0.39, 0.29) is 25.0 Å². The zero-order valence-electron chi connectivity index (χ0n) is 31.3. The van der Waals surface area contributed by atoms with E-state index in [9.17, 15) is 23.4 Å². The SMILES string of the molecule is CC[C@H]1C[C@@H](c2c[nH]c3c(Cl)ncnc23)[C@@H](F)[C@@H]1C.Nc1ncnc2c([C@@H]3C[C@H](CO)[C@@H](O)[C@@H]3F)c[nH]c12.Nc1ncnc2c([C@@H]3C[C@H](CO)[C@@H](O)[C@@H]3F)c[nH]c12. The van der Waals surface area contributed by atoms with Gasteiger partial charge >= 0.3 is 0 Å². The molecule has 0 radical (unpaired) electrons. The fourth-order valence-electron chi connectivity index (χ4n) is 9.02. The number of nitrogens with zero attached hydrogens (tertiary/aromatic N) is 6. The molecule has 0 saturated heterocycles. The van der Waals surface area contributed by atoms with Crippen LogP contribution in [-0.2, 0) is 0 Å². The third-order valence-electron chi connectivity index (χ3n) is 12.4. The molecule has 6 aromatic heterocycles. The summed E-state index contributed by atoms with van der Waals surface area (Å²) in [6.07, 6.45) is 6.01. The summed E-state index contributed by atoms with van der Waals surface area (Å²) in [5.41, 5.74) is 17.5. The number of aromatic amines is 3. The van der Waals surface area contributed by atoms with E-state index < -0.39 is 54.4 Å². The van der Waals surface area contributed by atoms with E-state index in [0.29, 0.717) is 74.3 Å². The van der Waals surface area contributed by atoms with Crippen LogP contribution in [0.5, 0.6) is 0 Å². The molecule has 0 spiro atoms. The van der Waals surface area contributed by atoms with Crippen LogP contribution in [0, 0.1) is 23.7 Å². The third-order valence-corrected chi connectivity index (χ3v) is 12.7. The highest BCUT2D eigenvalue weighted by molar-refractivity contribution is 6.33. The van der Waals surface area contributed by atoms with Crippen LogP contribution in [0.15, 0.2) is 37.6 Å². The van der Waals surface area contributed by atoms with Crippen molar-refractivity contribution < 1.29 is 33.6 Å². The van der Waals surface area contributed by atoms with Gasteiger partial charge in [-0.05, 0) is 31.1 Å². The van der Waals surface area contributed by atoms with Crippen molar-refractivity contribution in [2.24, 2.45) is 23.7 Å². The van der Waals surface area contributed by atoms with Crippen LogP contribution in [0.3, 0.4) is 0 Å². The molecule has 3 aliphatic carbocycles. The first-order valence-corrected chi connectivity index (χ1v) is 19.4. The van der Waals surface area contributed by atoms with E-state index in [1.807, 2.05) is 13.1 Å². The molecule has 3 saturated carbocycles. The molecule has 57 heavy (non-hydrogen) atoms. The quantitative estimate of drug-likeness (QED) is 0.103. The Morgan fingerprint density at radius 1 is 0.632 bits per heavy atom. The van der Waals surface area contributed by atoms with Crippen molar-refractivity contribution in [3.8, 4) is 0 Å². The van der Waals surface area contributed by atoms with Crippen LogP contribution in [0.4, 0.5) is 24.8 Å². The second kappa shape index (κ2) is 16.7. The lowest BCUT2D eigenvalue weighted by atomic mass is 9.95. The molecule has 0 unspecified atom stereocenters. The van der Waals surface area contributed by atoms with Gasteiger partial charge in [-0.2, -0.15) is 0 Å². The van der Waals surface area contributed by atoms with Crippen LogP contribution in [0.25, 0.3) is 33.1 Å². The molecule has 15 nitrogen and oxygen atoms in total. The fraction of sp³-hybridized carbons (Fsp3) is 0.526. The van der Waals surface area contributed by atoms with Crippen molar-refractivity contribution in [2.45, 2.75) is 88.0 Å². The Kier molecular flexibility index (Phi) is 11.9. The molecule has 6 heterocycles. The van der Waals surface area contributed by atoms with E-state index in [4.69, 9.17) is 33.3 Å². The number of nitrogens with one attached hydrogen (secondary N) is 3. The Morgan fingerprint density at radius 2 is 1.02 bits per heavy atom. The lowest BCUT2D eigenvalue weighted by Gasteiger charge is -2.14. The largest absolute Gasteiger partial charge is 0.396 e. The molecule has 3 fully saturated rings. The second-order valence-electron chi connectivity index (χ2n) is 15.3. The molecular weight excluding hydrogens is 767 g/mol. The maximum Gasteiger partial charge on any atom is 0.156 e. The Hall–Kier alpha value is -4.62. The van der Waals surface area contributed by atoms with Gasteiger partial charge in [0.05, 0.1) is 28.8 Å². The number of alkyl halides is 3. The van der Waals surface area contributed by atoms with Gasteiger partial charge in [0.15, 0.2) is 16.8 Å². The van der Waals surface area contributed by atoms with Gasteiger partial charge in [0.25, 0.3) is 0 Å². The molecule has 0 aliphatic heterocycles. The number of aliphatic hydroxyl groups excluding tert-OH is 4. The predicted molar refractivity (Wildman–Crippen MR) is 208 cm³/mol. The maximum absolute atomic E-state index is 14.5. The second-order valence-corrected chi connectivity index (χ2v) is 15.7. The van der Waals surface area contributed by atoms with Crippen LogP contribution in [0.2, 0.25) is 5.15 Å². The standard InChI is InChI=1S/C14H17ClFN3.2C12H15FN4O2/c1-3-8-4-9(11(16)7(8)2)10-5-17-13-12(10)18-6-19-14(13)15;2*13-8-6(1-5(3-18)11(8)19)7-2-15-10-9(7)16-4-17-12(10)14/h5-9,11,17H,3-4H2,1-2H3;2*2,4-6,8,11,15,18-19H,1,3H2,(H2,14,16,17)/t7-,8+,9+,11+;2*5-,6+,8-,11-/m111/s1. The minimum Gasteiger partial charge on any atom is -0.396 e. The van der Waals surface area contributed by atoms with Crippen LogP contribution in [0.1, 0.15) is 74.0 Å². The molecule has 12 atom stereocenters. The highest BCUT2D eigenvalue weighted by Gasteiger charge is 2.46. The van der Waals surface area contributed by atoms with Gasteiger partial charge in [0.2, 0.25) is 0 Å². The Balaban J connectivity index is 0.000000131. The number of aromatic nitrogens is 9. The molecule has 306 valence electrons. The number of rotatable bonds is 6. The molecule has 6 aromatic rings. The summed E-state index contributed by atoms with van der Waals surface area (Å²) in [7, 11) is 0. The predicted octanol–water partition coefficient (Wildman–Crippen LogP) is 4.77. The van der Waals surface area contributed by atoms with Crippen LogP contribution < -0.4 is 11.5 Å². The molecule has 19 heteroatoms. The number of H-pyrrole nitrogens is 3. The van der Waals surface area contributed by atoms with Gasteiger partial charge in [-0.3, -0.25) is 0 Å². The van der Waals surface area contributed by atoms with E-state index in [0.717, 1.165) is 23.9 Å². The fourth-order valence-corrected chi connectivity index (χ4v) is 9.21. The Labute approximate surface area is 329 Å². The van der Waals surface area contributed by atoms with E-state index in [1.165, 1.54) is 19.0 Å². The number of aliphatic hydroxyl groups is 4. The number of fused-ring (bicyclic) bond motifs is 3. The van der Waals surface area contributed by atoms with Crippen molar-refractivity contribution >= 4 is 56.3 Å². The normalized spacial score (nSPS) is 31.1. The summed E-state index contributed by atoms with van der Waals surface area (Å²) >= 11 is 6.02. The highest BCUT2D eigenvalue weighted by Crippen LogP contribution is 2.48. The summed E-state index contributed by atoms with van der Waals surface area (Å²) in [4.78, 5) is 33.1. The zero-order valence-corrected chi connectivity index (χ0v) is 32.0. The van der Waals surface area contributed by atoms with Gasteiger partial charge in [-0.15, -0.1) is 0 Å². The molecule has 9 rings (SSSR count). The summed E-state index contributed by atoms with van der Waals surface area (Å²) in [5.74, 6) is -0.773. The smallest absolute Gasteiger partial charge is 0.156 e. The summed E-state index contributed by atoms with van der Waals surface area (Å²) < 4.78 is 42.8. The van der Waals surface area contributed by atoms with Gasteiger partial charge in [-0.25, -0.2) is 43.1 Å². The molecule has 0 aromatic carbocycles. The summed E-state index contributed by atoms with van der Waals surface area (Å²) in [6, 6.07) is 0. The number of nitrogens with two attached hydrogens (primary N) is 2. The maximum atomic E-state index is 14.5. The molecular formula is C38H47ClF3N11O4. The molecule has 3 aliphatic rings. The average Bonchev–Trinajstić information content (AvgIpc) is 4.07. The van der Waals surface area contributed by atoms with Gasteiger partial charge in [-0.1, -0.05) is 31.9 Å². The van der Waals surface area contributed by atoms with Crippen LogP contribution in [-0.4, -0.2) is 109 Å². The third kappa shape index (κ3) is 7.37. The lowest BCUT2D eigenvalue weighted by Crippen LogP contribution is -2.25. The number of nitrogen functional groups attached to an aromatic ring is 2. The Morgan fingerprint density at radius 3 is 1.42 bits per heavy atom. The van der Waals surface area contributed by atoms with Crippen molar-refractivity contribution in [1.29, 1.82) is 0 Å². The topological polar surface area (TPSA) is 258 Å². The number of anilines is 2. The van der Waals surface area contributed by atoms with Crippen molar-refractivity contribution in [2.75, 3.05) is 24.7 Å². The molecule has 11 N–H and O–H groups in total. The molecule has 0 bridgehead atoms. The number of hydrogen-bond donors (Lipinski definition) is 9. The monoisotopic (exact) mass is 813 g/mol. The van der Waals surface area contributed by atoms with E-state index >= 15 is 0 Å². The van der Waals surface area contributed by atoms with Gasteiger partial charge < -0.3 is 46.8 Å². The number of hydrogen-bond acceptors (Lipinski definition) is 12. The van der Waals surface area contributed by atoms with Crippen LogP contribution >= 0.6 is 11.6 Å². The minimum atomic E-state index is -1.41. The van der Waals surface area contributed by atoms with Gasteiger partial charge in [0, 0.05) is 78.1 Å². The summed E-state index contributed by atoms with van der Waals surface area (Å²) in [5, 5.41) is 38.2. The Bertz CT molecular complexity index is 2060. The van der Waals surface area contributed by atoms with Crippen molar-refractivity contribution in [3.63, 3.8) is 0 Å². The lowest BCUT2D eigenvalue weighted by molar-refractivity contribution is 0.0432. The highest BCUT2D eigenvalue weighted by atomic mass is 35.5. The van der Waals surface area contributed by atoms with Gasteiger partial charge in [0.1, 0.15) is 54.0 Å². The average molecular weight is 814 g/mol.